The van der Waals surface area contributed by atoms with E-state index in [0.717, 1.165) is 16.6 Å². The van der Waals surface area contributed by atoms with Gasteiger partial charge in [-0.15, -0.1) is 0 Å². The molecule has 1 aromatic carbocycles. The van der Waals surface area contributed by atoms with Crippen LogP contribution in [0.2, 0.25) is 0 Å². The van der Waals surface area contributed by atoms with Gasteiger partial charge in [-0.1, -0.05) is 6.07 Å². The average molecular weight is 374 g/mol. The molecule has 0 bridgehead atoms. The number of rotatable bonds is 7. The molecule has 138 valence electrons. The molecule has 3 rings (SSSR count). The quantitative estimate of drug-likeness (QED) is 0.687. The molecule has 0 unspecified atom stereocenters. The highest BCUT2D eigenvalue weighted by molar-refractivity contribution is 7.89. The molecule has 0 fully saturated rings. The van der Waals surface area contributed by atoms with Crippen LogP contribution in [-0.2, 0) is 16.6 Å². The van der Waals surface area contributed by atoms with Gasteiger partial charge in [0.05, 0.1) is 24.0 Å². The maximum Gasteiger partial charge on any atom is 0.262 e. The van der Waals surface area contributed by atoms with Gasteiger partial charge in [-0.05, 0) is 50.6 Å². The highest BCUT2D eigenvalue weighted by Crippen LogP contribution is 2.22. The Kier molecular flexibility index (Phi) is 5.24. The molecule has 2 aromatic heterocycles. The van der Waals surface area contributed by atoms with E-state index in [1.54, 1.807) is 25.4 Å². The summed E-state index contributed by atoms with van der Waals surface area (Å²) in [6.07, 6.45) is 3.23. The lowest BCUT2D eigenvalue weighted by Gasteiger charge is -2.11. The number of nitrogens with zero attached hydrogens (tertiary/aromatic N) is 3. The Balaban J connectivity index is 1.84. The van der Waals surface area contributed by atoms with E-state index in [4.69, 9.17) is 4.74 Å². The largest absolute Gasteiger partial charge is 0.491 e. The van der Waals surface area contributed by atoms with Crippen LogP contribution >= 0.6 is 0 Å². The molecule has 1 N–H and O–H groups in total. The van der Waals surface area contributed by atoms with Crippen LogP contribution in [0, 0.1) is 0 Å². The van der Waals surface area contributed by atoms with Crippen LogP contribution in [0.25, 0.3) is 11.0 Å². The number of imidazole rings is 1. The SMILES string of the molecule is CCOc1cccnc1S(=O)(=O)NCc1ccc2ncn(C(C)C)c2c1. The molecule has 3 aromatic rings. The van der Waals surface area contributed by atoms with Crippen LogP contribution in [0.3, 0.4) is 0 Å². The van der Waals surface area contributed by atoms with Gasteiger partial charge in [0.1, 0.15) is 0 Å². The minimum Gasteiger partial charge on any atom is -0.491 e. The number of benzene rings is 1. The predicted octanol–water partition coefficient (Wildman–Crippen LogP) is 2.89. The summed E-state index contributed by atoms with van der Waals surface area (Å²) >= 11 is 0. The first-order valence-corrected chi connectivity index (χ1v) is 9.93. The van der Waals surface area contributed by atoms with E-state index in [9.17, 15) is 8.42 Å². The van der Waals surface area contributed by atoms with Crippen LogP contribution in [0.1, 0.15) is 32.4 Å². The van der Waals surface area contributed by atoms with E-state index in [2.05, 4.69) is 33.1 Å². The van der Waals surface area contributed by atoms with Gasteiger partial charge in [0, 0.05) is 18.8 Å². The lowest BCUT2D eigenvalue weighted by Crippen LogP contribution is -2.24. The Hall–Kier alpha value is -2.45. The van der Waals surface area contributed by atoms with Gasteiger partial charge in [0.25, 0.3) is 10.0 Å². The fraction of sp³-hybridized carbons (Fsp3) is 0.333. The minimum atomic E-state index is -3.79. The lowest BCUT2D eigenvalue weighted by molar-refractivity contribution is 0.328. The van der Waals surface area contributed by atoms with Crippen molar-refractivity contribution in [3.8, 4) is 5.75 Å². The van der Waals surface area contributed by atoms with Crippen molar-refractivity contribution in [3.05, 3.63) is 48.4 Å². The first-order chi connectivity index (χ1) is 12.4. The van der Waals surface area contributed by atoms with Crippen LogP contribution in [-0.4, -0.2) is 29.6 Å². The molecule has 2 heterocycles. The molecular weight excluding hydrogens is 352 g/mol. The van der Waals surface area contributed by atoms with Crippen molar-refractivity contribution in [2.45, 2.75) is 38.4 Å². The number of pyridine rings is 1. The van der Waals surface area contributed by atoms with Gasteiger partial charge in [0.15, 0.2) is 5.75 Å². The van der Waals surface area contributed by atoms with E-state index in [1.165, 1.54) is 6.20 Å². The molecular formula is C18H22N4O3S. The van der Waals surface area contributed by atoms with Crippen molar-refractivity contribution in [2.24, 2.45) is 0 Å². The van der Waals surface area contributed by atoms with Crippen molar-refractivity contribution in [1.29, 1.82) is 0 Å². The molecule has 0 amide bonds. The van der Waals surface area contributed by atoms with Gasteiger partial charge in [-0.2, -0.15) is 0 Å². The third-order valence-corrected chi connectivity index (χ3v) is 5.29. The molecule has 26 heavy (non-hydrogen) atoms. The molecule has 0 radical (unpaired) electrons. The number of hydrogen-bond donors (Lipinski definition) is 1. The molecule has 0 aliphatic rings. The van der Waals surface area contributed by atoms with Crippen molar-refractivity contribution in [1.82, 2.24) is 19.3 Å². The van der Waals surface area contributed by atoms with Crippen molar-refractivity contribution < 1.29 is 13.2 Å². The van der Waals surface area contributed by atoms with Gasteiger partial charge in [-0.3, -0.25) is 0 Å². The summed E-state index contributed by atoms with van der Waals surface area (Å²) in [6.45, 7) is 6.47. The van der Waals surface area contributed by atoms with Crippen LogP contribution in [0.15, 0.2) is 47.9 Å². The second kappa shape index (κ2) is 7.43. The molecule has 7 nitrogen and oxygen atoms in total. The summed E-state index contributed by atoms with van der Waals surface area (Å²) in [4.78, 5) is 8.34. The van der Waals surface area contributed by atoms with E-state index >= 15 is 0 Å². The predicted molar refractivity (Wildman–Crippen MR) is 99.5 cm³/mol. The van der Waals surface area contributed by atoms with Crippen LogP contribution in [0.4, 0.5) is 0 Å². The monoisotopic (exact) mass is 374 g/mol. The first kappa shape index (κ1) is 18.3. The van der Waals surface area contributed by atoms with Gasteiger partial charge < -0.3 is 9.30 Å². The fourth-order valence-corrected chi connectivity index (χ4v) is 3.77. The summed E-state index contributed by atoms with van der Waals surface area (Å²) in [7, 11) is -3.79. The summed E-state index contributed by atoms with van der Waals surface area (Å²) in [6, 6.07) is 9.22. The average Bonchev–Trinajstić information content (AvgIpc) is 3.04. The number of nitrogens with one attached hydrogen (secondary N) is 1. The smallest absolute Gasteiger partial charge is 0.262 e. The number of ether oxygens (including phenoxy) is 1. The third-order valence-electron chi connectivity index (χ3n) is 3.95. The zero-order valence-electron chi connectivity index (χ0n) is 15.0. The topological polar surface area (TPSA) is 86.1 Å². The van der Waals surface area contributed by atoms with Gasteiger partial charge >= 0.3 is 0 Å². The zero-order chi connectivity index (χ0) is 18.7. The second-order valence-electron chi connectivity index (χ2n) is 6.13. The molecule has 0 aliphatic carbocycles. The maximum atomic E-state index is 12.6. The maximum absolute atomic E-state index is 12.6. The third kappa shape index (κ3) is 3.71. The molecule has 0 spiro atoms. The van der Waals surface area contributed by atoms with E-state index in [1.807, 2.05) is 18.2 Å². The summed E-state index contributed by atoms with van der Waals surface area (Å²) in [5.41, 5.74) is 2.70. The summed E-state index contributed by atoms with van der Waals surface area (Å²) in [5, 5.41) is -0.102. The Morgan fingerprint density at radius 1 is 1.23 bits per heavy atom. The standard InChI is InChI=1S/C18H22N4O3S/c1-4-25-17-6-5-9-19-18(17)26(23,24)21-11-14-7-8-15-16(10-14)22(12-20-15)13(2)3/h5-10,12-13,21H,4,11H2,1-3H3. The van der Waals surface area contributed by atoms with Gasteiger partial charge in [-0.25, -0.2) is 23.1 Å². The summed E-state index contributed by atoms with van der Waals surface area (Å²) < 4.78 is 35.3. The van der Waals surface area contributed by atoms with E-state index < -0.39 is 10.0 Å². The first-order valence-electron chi connectivity index (χ1n) is 8.45. The van der Waals surface area contributed by atoms with Gasteiger partial charge in [0.2, 0.25) is 5.03 Å². The Bertz CT molecular complexity index is 1010. The fourth-order valence-electron chi connectivity index (χ4n) is 2.68. The minimum absolute atomic E-state index is 0.102. The van der Waals surface area contributed by atoms with E-state index in [0.29, 0.717) is 6.61 Å². The molecule has 0 aliphatic heterocycles. The Labute approximate surface area is 153 Å². The molecule has 0 saturated heterocycles. The highest BCUT2D eigenvalue weighted by Gasteiger charge is 2.21. The van der Waals surface area contributed by atoms with Crippen molar-refractivity contribution in [3.63, 3.8) is 0 Å². The Morgan fingerprint density at radius 3 is 2.77 bits per heavy atom. The second-order valence-corrected chi connectivity index (χ2v) is 7.82. The number of hydrogen-bond acceptors (Lipinski definition) is 5. The lowest BCUT2D eigenvalue weighted by atomic mass is 10.2. The normalized spacial score (nSPS) is 12.0. The molecule has 0 atom stereocenters. The van der Waals surface area contributed by atoms with E-state index in [-0.39, 0.29) is 23.4 Å². The number of fused-ring (bicyclic) bond motifs is 1. The molecule has 8 heteroatoms. The van der Waals surface area contributed by atoms with Crippen LogP contribution < -0.4 is 9.46 Å². The Morgan fingerprint density at radius 2 is 2.04 bits per heavy atom. The highest BCUT2D eigenvalue weighted by atomic mass is 32.2. The summed E-state index contributed by atoms with van der Waals surface area (Å²) in [5.74, 6) is 0.246. The zero-order valence-corrected chi connectivity index (χ0v) is 15.8. The van der Waals surface area contributed by atoms with Crippen molar-refractivity contribution in [2.75, 3.05) is 6.61 Å². The molecule has 0 saturated carbocycles. The van der Waals surface area contributed by atoms with Crippen LogP contribution in [0.5, 0.6) is 5.75 Å². The number of aromatic nitrogens is 3. The van der Waals surface area contributed by atoms with Crippen molar-refractivity contribution >= 4 is 21.1 Å². The number of sulfonamides is 1.